The maximum Gasteiger partial charge on any atom is 0.101 e. The van der Waals surface area contributed by atoms with Gasteiger partial charge in [-0.05, 0) is 34.5 Å². The van der Waals surface area contributed by atoms with Crippen LogP contribution in [0.25, 0.3) is 10.8 Å². The van der Waals surface area contributed by atoms with Crippen molar-refractivity contribution < 1.29 is 0 Å². The molecule has 0 radical (unpaired) electrons. The van der Waals surface area contributed by atoms with E-state index in [0.717, 1.165) is 5.56 Å². The van der Waals surface area contributed by atoms with Gasteiger partial charge in [-0.2, -0.15) is 5.26 Å². The molecule has 20 heavy (non-hydrogen) atoms. The normalized spacial score (nSPS) is 10.8. The highest BCUT2D eigenvalue weighted by atomic mass is 14.7. The van der Waals surface area contributed by atoms with Crippen molar-refractivity contribution in [1.29, 1.82) is 5.26 Å². The molecule has 0 aliphatic rings. The lowest BCUT2D eigenvalue weighted by atomic mass is 10.1. The summed E-state index contributed by atoms with van der Waals surface area (Å²) in [5.74, 6) is 0. The molecule has 2 heteroatoms. The molecule has 2 nitrogen and oxygen atoms in total. The molecule has 0 spiro atoms. The van der Waals surface area contributed by atoms with Crippen LogP contribution in [0.5, 0.6) is 0 Å². The van der Waals surface area contributed by atoms with Gasteiger partial charge in [-0.15, -0.1) is 0 Å². The van der Waals surface area contributed by atoms with Crippen LogP contribution in [0.3, 0.4) is 0 Å². The fourth-order valence-corrected chi connectivity index (χ4v) is 2.11. The zero-order valence-corrected chi connectivity index (χ0v) is 10.8. The second-order valence-electron chi connectivity index (χ2n) is 4.49. The second kappa shape index (κ2) is 5.38. The average molecular weight is 256 g/mol. The molecule has 0 N–H and O–H groups in total. The molecule has 0 aromatic heterocycles. The van der Waals surface area contributed by atoms with Gasteiger partial charge >= 0.3 is 0 Å². The second-order valence-corrected chi connectivity index (χ2v) is 4.49. The van der Waals surface area contributed by atoms with Crippen molar-refractivity contribution in [1.82, 2.24) is 0 Å². The number of hydrogen-bond acceptors (Lipinski definition) is 2. The topological polar surface area (TPSA) is 36.1 Å². The third-order valence-corrected chi connectivity index (χ3v) is 3.15. The maximum absolute atomic E-state index is 9.03. The molecule has 94 valence electrons. The fraction of sp³-hybridized carbons (Fsp3) is 0. The van der Waals surface area contributed by atoms with Crippen molar-refractivity contribution in [3.05, 3.63) is 77.9 Å². The van der Waals surface area contributed by atoms with Crippen molar-refractivity contribution in [2.45, 2.75) is 0 Å². The Morgan fingerprint density at radius 2 is 1.60 bits per heavy atom. The lowest BCUT2D eigenvalue weighted by Crippen LogP contribution is -1.82. The van der Waals surface area contributed by atoms with Gasteiger partial charge in [0.05, 0.1) is 11.3 Å². The summed E-state index contributed by atoms with van der Waals surface area (Å²) >= 11 is 0. The Kier molecular flexibility index (Phi) is 3.26. The summed E-state index contributed by atoms with van der Waals surface area (Å²) in [6, 6.07) is 23.9. The van der Waals surface area contributed by atoms with Gasteiger partial charge < -0.3 is 0 Å². The highest BCUT2D eigenvalue weighted by Crippen LogP contribution is 2.18. The number of nitriles is 1. The molecular formula is C18H12N2. The van der Waals surface area contributed by atoms with E-state index in [1.165, 1.54) is 10.8 Å². The predicted octanol–water partition coefficient (Wildman–Crippen LogP) is 4.46. The number of hydrogen-bond donors (Lipinski definition) is 0. The van der Waals surface area contributed by atoms with Crippen molar-refractivity contribution >= 4 is 22.7 Å². The van der Waals surface area contributed by atoms with Crippen molar-refractivity contribution in [3.63, 3.8) is 0 Å². The molecule has 0 aliphatic carbocycles. The zero-order chi connectivity index (χ0) is 13.8. The summed E-state index contributed by atoms with van der Waals surface area (Å²) in [7, 11) is 0. The molecule has 0 saturated heterocycles. The van der Waals surface area contributed by atoms with Crippen LogP contribution in [0.15, 0.2) is 71.7 Å². The standard InChI is InChI=1S/C18H12N2/c19-12-17-7-3-4-8-18(17)20-13-14-9-10-15-5-1-2-6-16(15)11-14/h1-11,13H. The average Bonchev–Trinajstić information content (AvgIpc) is 2.53. The zero-order valence-electron chi connectivity index (χ0n) is 10.8. The van der Waals surface area contributed by atoms with E-state index in [1.54, 1.807) is 12.3 Å². The first-order valence-electron chi connectivity index (χ1n) is 6.39. The minimum atomic E-state index is 0.588. The van der Waals surface area contributed by atoms with Crippen LogP contribution in [-0.4, -0.2) is 6.21 Å². The highest BCUT2D eigenvalue weighted by molar-refractivity contribution is 5.91. The number of benzene rings is 3. The molecule has 3 rings (SSSR count). The van der Waals surface area contributed by atoms with E-state index in [4.69, 9.17) is 5.26 Å². The Labute approximate surface area is 117 Å². The Morgan fingerprint density at radius 3 is 2.45 bits per heavy atom. The lowest BCUT2D eigenvalue weighted by Gasteiger charge is -1.99. The molecule has 0 fully saturated rings. The van der Waals surface area contributed by atoms with Crippen LogP contribution < -0.4 is 0 Å². The summed E-state index contributed by atoms with van der Waals surface area (Å²) in [4.78, 5) is 4.41. The summed E-state index contributed by atoms with van der Waals surface area (Å²) in [6.45, 7) is 0. The van der Waals surface area contributed by atoms with E-state index in [0.29, 0.717) is 11.3 Å². The van der Waals surface area contributed by atoms with Crippen molar-refractivity contribution in [3.8, 4) is 6.07 Å². The van der Waals surface area contributed by atoms with E-state index < -0.39 is 0 Å². The van der Waals surface area contributed by atoms with Gasteiger partial charge in [0.2, 0.25) is 0 Å². The van der Waals surface area contributed by atoms with Gasteiger partial charge in [0.25, 0.3) is 0 Å². The lowest BCUT2D eigenvalue weighted by molar-refractivity contribution is 1.44. The number of nitrogens with zero attached hydrogens (tertiary/aromatic N) is 2. The van der Waals surface area contributed by atoms with Crippen molar-refractivity contribution in [2.75, 3.05) is 0 Å². The molecule has 3 aromatic carbocycles. The van der Waals surface area contributed by atoms with Crippen LogP contribution in [0.4, 0.5) is 5.69 Å². The molecule has 0 atom stereocenters. The van der Waals surface area contributed by atoms with Gasteiger partial charge in [-0.25, -0.2) is 0 Å². The molecule has 3 aromatic rings. The highest BCUT2D eigenvalue weighted by Gasteiger charge is 1.98. The molecule has 0 saturated carbocycles. The minimum absolute atomic E-state index is 0.588. The quantitative estimate of drug-likeness (QED) is 0.623. The Hall–Kier alpha value is -2.92. The van der Waals surface area contributed by atoms with Crippen LogP contribution in [0.2, 0.25) is 0 Å². The van der Waals surface area contributed by atoms with Gasteiger partial charge in [-0.1, -0.05) is 48.5 Å². The maximum atomic E-state index is 9.03. The molecular weight excluding hydrogens is 244 g/mol. The molecule has 0 bridgehead atoms. The van der Waals surface area contributed by atoms with E-state index in [1.807, 2.05) is 36.4 Å². The monoisotopic (exact) mass is 256 g/mol. The molecule has 0 heterocycles. The first-order chi connectivity index (χ1) is 9.86. The summed E-state index contributed by atoms with van der Waals surface area (Å²) in [5.41, 5.74) is 2.31. The Bertz CT molecular complexity index is 826. The number of para-hydroxylation sites is 1. The molecule has 0 unspecified atom stereocenters. The van der Waals surface area contributed by atoms with Gasteiger partial charge in [0.15, 0.2) is 0 Å². The summed E-state index contributed by atoms with van der Waals surface area (Å²) in [5, 5.41) is 11.4. The van der Waals surface area contributed by atoms with Crippen LogP contribution >= 0.6 is 0 Å². The Morgan fingerprint density at radius 1 is 0.850 bits per heavy atom. The predicted molar refractivity (Wildman–Crippen MR) is 82.4 cm³/mol. The van der Waals surface area contributed by atoms with Gasteiger partial charge in [-0.3, -0.25) is 4.99 Å². The fourth-order valence-electron chi connectivity index (χ4n) is 2.11. The molecule has 0 aliphatic heterocycles. The van der Waals surface area contributed by atoms with E-state index >= 15 is 0 Å². The van der Waals surface area contributed by atoms with E-state index in [2.05, 4.69) is 35.3 Å². The van der Waals surface area contributed by atoms with E-state index in [-0.39, 0.29) is 0 Å². The smallest absolute Gasteiger partial charge is 0.101 e. The Balaban J connectivity index is 1.96. The van der Waals surface area contributed by atoms with Crippen LogP contribution in [0.1, 0.15) is 11.1 Å². The minimum Gasteiger partial charge on any atom is -0.255 e. The van der Waals surface area contributed by atoms with Gasteiger partial charge in [0, 0.05) is 6.21 Å². The van der Waals surface area contributed by atoms with Crippen molar-refractivity contribution in [2.24, 2.45) is 4.99 Å². The summed E-state index contributed by atoms with van der Waals surface area (Å²) < 4.78 is 0. The van der Waals surface area contributed by atoms with E-state index in [9.17, 15) is 0 Å². The van der Waals surface area contributed by atoms with Crippen LogP contribution in [0, 0.1) is 11.3 Å². The largest absolute Gasteiger partial charge is 0.255 e. The number of fused-ring (bicyclic) bond motifs is 1. The first-order valence-corrected chi connectivity index (χ1v) is 6.39. The number of aliphatic imine (C=N–C) groups is 1. The number of rotatable bonds is 2. The van der Waals surface area contributed by atoms with Crippen LogP contribution in [-0.2, 0) is 0 Å². The summed E-state index contributed by atoms with van der Waals surface area (Å²) in [6.07, 6.45) is 1.79. The third kappa shape index (κ3) is 2.43. The third-order valence-electron chi connectivity index (χ3n) is 3.15. The van der Waals surface area contributed by atoms with Gasteiger partial charge in [0.1, 0.15) is 6.07 Å². The first kappa shape index (κ1) is 12.1. The SMILES string of the molecule is N#Cc1ccccc1N=Cc1ccc2ccccc2c1. The molecule has 0 amide bonds.